The second-order valence-electron chi connectivity index (χ2n) is 4.94. The quantitative estimate of drug-likeness (QED) is 0.757. The maximum atomic E-state index is 12.4. The Labute approximate surface area is 117 Å². The van der Waals surface area contributed by atoms with E-state index < -0.39 is 12.8 Å². The Kier molecular flexibility index (Phi) is 3.53. The molecule has 2 aromatic rings. The molecule has 0 aliphatic carbocycles. The van der Waals surface area contributed by atoms with Gasteiger partial charge in [-0.15, -0.1) is 0 Å². The van der Waals surface area contributed by atoms with Gasteiger partial charge in [-0.3, -0.25) is 0 Å². The summed E-state index contributed by atoms with van der Waals surface area (Å²) in [6.45, 7) is 3.56. The van der Waals surface area contributed by atoms with E-state index in [1.807, 2.05) is 6.92 Å². The maximum absolute atomic E-state index is 12.4. The van der Waals surface area contributed by atoms with Crippen LogP contribution < -0.4 is 5.30 Å². The van der Waals surface area contributed by atoms with E-state index in [-0.39, 0.29) is 10.9 Å². The van der Waals surface area contributed by atoms with Crippen LogP contribution in [0.4, 0.5) is 0 Å². The van der Waals surface area contributed by atoms with Gasteiger partial charge < -0.3 is 0 Å². The van der Waals surface area contributed by atoms with Crippen molar-refractivity contribution in [3.05, 3.63) is 65.2 Å². The molecule has 2 aromatic carbocycles. The Bertz CT molecular complexity index is 657. The van der Waals surface area contributed by atoms with Crippen LogP contribution in [0.5, 0.6) is 0 Å². The van der Waals surface area contributed by atoms with E-state index in [4.69, 9.17) is 0 Å². The van der Waals surface area contributed by atoms with Gasteiger partial charge in [0, 0.05) is 0 Å². The van der Waals surface area contributed by atoms with E-state index in [1.54, 1.807) is 25.1 Å². The second-order valence-corrected chi connectivity index (χ2v) is 7.82. The normalized spacial score (nSPS) is 13.6. The Balaban J connectivity index is 2.56. The van der Waals surface area contributed by atoms with Crippen molar-refractivity contribution >= 4 is 18.1 Å². The molecule has 0 bridgehead atoms. The monoisotopic (exact) mass is 292 g/mol. The zero-order valence-electron chi connectivity index (χ0n) is 11.3. The van der Waals surface area contributed by atoms with Gasteiger partial charge in [-0.2, -0.15) is 0 Å². The molecule has 106 valence electrons. The first-order valence-electron chi connectivity index (χ1n) is 6.15. The molecule has 0 saturated carbocycles. The molecule has 0 aliphatic rings. The number of hydrogen-bond donors (Lipinski definition) is 3. The molecule has 0 saturated heterocycles. The van der Waals surface area contributed by atoms with Crippen LogP contribution >= 0.6 is 7.28 Å². The molecule has 3 N–H and O–H groups in total. The molecule has 0 spiro atoms. The molecule has 0 fully saturated rings. The van der Waals surface area contributed by atoms with Gasteiger partial charge in [0.15, 0.2) is 0 Å². The summed E-state index contributed by atoms with van der Waals surface area (Å²) in [5.74, 6) is 0. The van der Waals surface area contributed by atoms with Gasteiger partial charge in [0.05, 0.1) is 0 Å². The van der Waals surface area contributed by atoms with Gasteiger partial charge >= 0.3 is 117 Å². The first-order chi connectivity index (χ1) is 9.21. The van der Waals surface area contributed by atoms with Crippen molar-refractivity contribution in [3.8, 4) is 0 Å². The Morgan fingerprint density at radius 1 is 0.950 bits per heavy atom. The van der Waals surface area contributed by atoms with Gasteiger partial charge in [0.2, 0.25) is 0 Å². The van der Waals surface area contributed by atoms with Gasteiger partial charge in [-0.05, 0) is 0 Å². The summed E-state index contributed by atoms with van der Waals surface area (Å²) in [6, 6.07) is 12.3. The standard InChI is InChI=1S/C15H17O4P/c1-11-8-9-14(12(2)10-11)15(16)20(17,18,19)13-6-4-3-5-7-13/h3-10,17-19H,1-2H3. The van der Waals surface area contributed by atoms with Crippen molar-refractivity contribution in [1.29, 1.82) is 0 Å². The molecular formula is C15H17O4P. The van der Waals surface area contributed by atoms with Gasteiger partial charge in [-0.25, -0.2) is 0 Å². The summed E-state index contributed by atoms with van der Waals surface area (Å²) in [6.07, 6.45) is 0. The minimum absolute atomic E-state index is 0.115. The summed E-state index contributed by atoms with van der Waals surface area (Å²) in [4.78, 5) is 43.2. The van der Waals surface area contributed by atoms with Crippen LogP contribution in [-0.4, -0.2) is 20.2 Å². The molecule has 2 rings (SSSR count). The van der Waals surface area contributed by atoms with Crippen LogP contribution in [-0.2, 0) is 0 Å². The van der Waals surface area contributed by atoms with Crippen LogP contribution in [0.2, 0.25) is 0 Å². The fourth-order valence-corrected chi connectivity index (χ4v) is 3.75. The molecule has 5 heteroatoms. The summed E-state index contributed by atoms with van der Waals surface area (Å²) in [7, 11) is -5.60. The fraction of sp³-hybridized carbons (Fsp3) is 0.133. The Morgan fingerprint density at radius 3 is 2.10 bits per heavy atom. The molecule has 0 radical (unpaired) electrons. The summed E-state index contributed by atoms with van der Waals surface area (Å²) in [5, 5.41) is -0.163. The molecule has 20 heavy (non-hydrogen) atoms. The SMILES string of the molecule is Cc1ccc(C(=O)P(O)(O)(O)c2ccccc2)c(C)c1. The second kappa shape index (κ2) is 4.76. The molecule has 0 amide bonds. The number of carbonyl (C=O) groups excluding carboxylic acids is 1. The van der Waals surface area contributed by atoms with Crippen LogP contribution in [0.15, 0.2) is 48.5 Å². The van der Waals surface area contributed by atoms with Crippen molar-refractivity contribution in [2.45, 2.75) is 13.8 Å². The predicted octanol–water partition coefficient (Wildman–Crippen LogP) is 2.04. The number of benzene rings is 2. The fourth-order valence-electron chi connectivity index (χ4n) is 2.10. The molecule has 0 unspecified atom stereocenters. The van der Waals surface area contributed by atoms with E-state index >= 15 is 0 Å². The van der Waals surface area contributed by atoms with Crippen molar-refractivity contribution < 1.29 is 19.5 Å². The van der Waals surface area contributed by atoms with E-state index in [2.05, 4.69) is 0 Å². The number of aryl methyl sites for hydroxylation is 2. The Hall–Kier alpha value is -1.58. The molecule has 0 aliphatic heterocycles. The number of rotatable bonds is 3. The van der Waals surface area contributed by atoms with E-state index in [0.717, 1.165) is 5.56 Å². The van der Waals surface area contributed by atoms with Crippen LogP contribution in [0.3, 0.4) is 0 Å². The summed E-state index contributed by atoms with van der Waals surface area (Å²) >= 11 is 0. The van der Waals surface area contributed by atoms with Crippen molar-refractivity contribution in [3.63, 3.8) is 0 Å². The summed E-state index contributed by atoms with van der Waals surface area (Å²) in [5.41, 5.74) is 0.620. The van der Waals surface area contributed by atoms with Crippen LogP contribution in [0.1, 0.15) is 21.5 Å². The van der Waals surface area contributed by atoms with Crippen molar-refractivity contribution in [2.24, 2.45) is 0 Å². The number of carbonyl (C=O) groups is 1. The minimum atomic E-state index is -5.60. The van der Waals surface area contributed by atoms with E-state index in [9.17, 15) is 19.5 Å². The van der Waals surface area contributed by atoms with Gasteiger partial charge in [0.1, 0.15) is 0 Å². The molecule has 0 aromatic heterocycles. The van der Waals surface area contributed by atoms with Gasteiger partial charge in [-0.1, -0.05) is 0 Å². The van der Waals surface area contributed by atoms with Crippen molar-refractivity contribution in [2.75, 3.05) is 0 Å². The van der Waals surface area contributed by atoms with E-state index in [0.29, 0.717) is 5.56 Å². The summed E-state index contributed by atoms with van der Waals surface area (Å²) < 4.78 is 0. The van der Waals surface area contributed by atoms with E-state index in [1.165, 1.54) is 30.3 Å². The average molecular weight is 292 g/mol. The third-order valence-corrected chi connectivity index (χ3v) is 5.46. The van der Waals surface area contributed by atoms with Crippen LogP contribution in [0.25, 0.3) is 0 Å². The van der Waals surface area contributed by atoms with Crippen LogP contribution in [0, 0.1) is 13.8 Å². The predicted molar refractivity (Wildman–Crippen MR) is 79.9 cm³/mol. The first kappa shape index (κ1) is 14.8. The zero-order chi connectivity index (χ0) is 15.0. The molecule has 0 heterocycles. The van der Waals surface area contributed by atoms with Crippen molar-refractivity contribution in [1.82, 2.24) is 0 Å². The molecule has 0 atom stereocenters. The first-order valence-corrected chi connectivity index (χ1v) is 8.24. The molecule has 4 nitrogen and oxygen atoms in total. The Morgan fingerprint density at radius 2 is 1.55 bits per heavy atom. The van der Waals surface area contributed by atoms with Gasteiger partial charge in [0.25, 0.3) is 0 Å². The topological polar surface area (TPSA) is 77.8 Å². The third-order valence-electron chi connectivity index (χ3n) is 3.22. The average Bonchev–Trinajstić information content (AvgIpc) is 2.39. The third kappa shape index (κ3) is 2.51. The number of hydrogen-bond acceptors (Lipinski definition) is 4. The molecular weight excluding hydrogens is 275 g/mol. The zero-order valence-corrected chi connectivity index (χ0v) is 12.2.